The molecule has 3 saturated heterocycles. The Labute approximate surface area is 209 Å². The first-order valence-electron chi connectivity index (χ1n) is 11.9. The number of aliphatic hydroxyl groups excluding tert-OH is 1. The van der Waals surface area contributed by atoms with Gasteiger partial charge in [0.15, 0.2) is 0 Å². The minimum absolute atomic E-state index is 0.127. The molecule has 0 saturated carbocycles. The number of carboxylic acids is 1. The molecule has 184 valence electrons. The maximum atomic E-state index is 14.2. The smallest absolute Gasteiger partial charge is 0.308 e. The highest BCUT2D eigenvalue weighted by molar-refractivity contribution is 8.02. The standard InChI is InChI=1S/C25H31ClN2O5S/c1-2-13-27(17-10-6-5-9-16(17)26)23(31)21-25-12-11-18(34-25)19(24(32)33)20(25)22(30)28(21)14-7-3-4-8-15-29/h2,5-6,9-10,18-21,29H,1,3-4,7-8,11-15H2,(H,32,33)/t18-,19+,20+,21?,25?/m1/s1. The van der Waals surface area contributed by atoms with E-state index in [9.17, 15) is 19.5 Å². The Morgan fingerprint density at radius 2 is 2.00 bits per heavy atom. The van der Waals surface area contributed by atoms with E-state index in [1.807, 2.05) is 0 Å². The first-order valence-corrected chi connectivity index (χ1v) is 13.1. The summed E-state index contributed by atoms with van der Waals surface area (Å²) in [4.78, 5) is 43.3. The number of benzene rings is 1. The van der Waals surface area contributed by atoms with E-state index >= 15 is 0 Å². The molecule has 2 bridgehead atoms. The van der Waals surface area contributed by atoms with Crippen LogP contribution in [0.25, 0.3) is 0 Å². The topological polar surface area (TPSA) is 98.2 Å². The van der Waals surface area contributed by atoms with Gasteiger partial charge in [0.05, 0.1) is 27.3 Å². The molecule has 0 aliphatic carbocycles. The van der Waals surface area contributed by atoms with E-state index < -0.39 is 28.6 Å². The molecule has 3 heterocycles. The minimum atomic E-state index is -0.956. The van der Waals surface area contributed by atoms with E-state index in [1.54, 1.807) is 40.1 Å². The Kier molecular flexibility index (Phi) is 7.60. The van der Waals surface area contributed by atoms with E-state index in [4.69, 9.17) is 16.7 Å². The summed E-state index contributed by atoms with van der Waals surface area (Å²) in [5.41, 5.74) is 0.552. The first-order chi connectivity index (χ1) is 16.4. The number of para-hydroxylation sites is 1. The molecule has 7 nitrogen and oxygen atoms in total. The maximum absolute atomic E-state index is 14.2. The molecule has 3 aliphatic rings. The monoisotopic (exact) mass is 506 g/mol. The molecule has 4 rings (SSSR count). The van der Waals surface area contributed by atoms with Gasteiger partial charge in [-0.25, -0.2) is 0 Å². The molecular weight excluding hydrogens is 476 g/mol. The predicted molar refractivity (Wildman–Crippen MR) is 133 cm³/mol. The molecule has 5 atom stereocenters. The summed E-state index contributed by atoms with van der Waals surface area (Å²) < 4.78 is -0.742. The van der Waals surface area contributed by atoms with Gasteiger partial charge in [-0.2, -0.15) is 0 Å². The second kappa shape index (κ2) is 10.3. The Morgan fingerprint density at radius 1 is 1.26 bits per heavy atom. The molecule has 3 aliphatic heterocycles. The number of carbonyl (C=O) groups excluding carboxylic acids is 2. The number of fused-ring (bicyclic) bond motifs is 1. The van der Waals surface area contributed by atoms with E-state index in [-0.39, 0.29) is 30.2 Å². The maximum Gasteiger partial charge on any atom is 0.308 e. The number of nitrogens with zero attached hydrogens (tertiary/aromatic N) is 2. The molecule has 3 fully saturated rings. The molecule has 0 aromatic heterocycles. The second-order valence-corrected chi connectivity index (χ2v) is 11.3. The number of hydrogen-bond donors (Lipinski definition) is 2. The predicted octanol–water partition coefficient (Wildman–Crippen LogP) is 3.59. The molecule has 34 heavy (non-hydrogen) atoms. The molecule has 9 heteroatoms. The largest absolute Gasteiger partial charge is 0.481 e. The average Bonchev–Trinajstić information content (AvgIpc) is 3.45. The Bertz CT molecular complexity index is 974. The van der Waals surface area contributed by atoms with E-state index in [2.05, 4.69) is 6.58 Å². The number of rotatable bonds is 11. The number of hydrogen-bond acceptors (Lipinski definition) is 5. The van der Waals surface area contributed by atoms with Gasteiger partial charge in [-0.05, 0) is 37.8 Å². The highest BCUT2D eigenvalue weighted by Gasteiger charge is 2.74. The zero-order valence-electron chi connectivity index (χ0n) is 19.1. The lowest BCUT2D eigenvalue weighted by molar-refractivity contribution is -0.148. The molecule has 2 N–H and O–H groups in total. The Hall–Kier alpha value is -2.03. The van der Waals surface area contributed by atoms with Crippen molar-refractivity contribution in [2.24, 2.45) is 11.8 Å². The molecule has 0 radical (unpaired) electrons. The van der Waals surface area contributed by atoms with Crippen LogP contribution in [-0.2, 0) is 14.4 Å². The minimum Gasteiger partial charge on any atom is -0.481 e. The van der Waals surface area contributed by atoms with E-state index in [0.717, 1.165) is 12.8 Å². The van der Waals surface area contributed by atoms with Gasteiger partial charge in [-0.1, -0.05) is 42.7 Å². The highest BCUT2D eigenvalue weighted by atomic mass is 35.5. The lowest BCUT2D eigenvalue weighted by atomic mass is 9.71. The number of anilines is 1. The van der Waals surface area contributed by atoms with Crippen LogP contribution < -0.4 is 4.90 Å². The van der Waals surface area contributed by atoms with Gasteiger partial charge in [0, 0.05) is 24.9 Å². The highest BCUT2D eigenvalue weighted by Crippen LogP contribution is 2.66. The first kappa shape index (κ1) is 25.1. The quantitative estimate of drug-likeness (QED) is 0.351. The van der Waals surface area contributed by atoms with Crippen molar-refractivity contribution < 1.29 is 24.6 Å². The average molecular weight is 507 g/mol. The van der Waals surface area contributed by atoms with E-state index in [1.165, 1.54) is 11.8 Å². The second-order valence-electron chi connectivity index (χ2n) is 9.25. The fourth-order valence-corrected chi connectivity index (χ4v) is 8.40. The summed E-state index contributed by atoms with van der Waals surface area (Å²) in [5.74, 6) is -2.88. The third-order valence-corrected chi connectivity index (χ3v) is 9.62. The van der Waals surface area contributed by atoms with Gasteiger partial charge in [0.25, 0.3) is 5.91 Å². The van der Waals surface area contributed by atoms with Gasteiger partial charge in [0.1, 0.15) is 6.04 Å². The lowest BCUT2D eigenvalue weighted by Crippen LogP contribution is -2.55. The van der Waals surface area contributed by atoms with Crippen LogP contribution >= 0.6 is 23.4 Å². The van der Waals surface area contributed by atoms with Crippen LogP contribution in [0.2, 0.25) is 5.02 Å². The van der Waals surface area contributed by atoms with Gasteiger partial charge < -0.3 is 20.0 Å². The summed E-state index contributed by atoms with van der Waals surface area (Å²) in [5, 5.41) is 19.3. The third kappa shape index (κ3) is 4.14. The fraction of sp³-hybridized carbons (Fsp3) is 0.560. The summed E-state index contributed by atoms with van der Waals surface area (Å²) in [6.07, 6.45) is 6.01. The molecule has 1 spiro atoms. The lowest BCUT2D eigenvalue weighted by Gasteiger charge is -2.37. The number of thioether (sulfide) groups is 1. The number of aliphatic hydroxyl groups is 1. The number of halogens is 1. The summed E-state index contributed by atoms with van der Waals surface area (Å²) >= 11 is 7.97. The molecule has 2 amide bonds. The molecular formula is C25H31ClN2O5S. The van der Waals surface area contributed by atoms with Crippen LogP contribution in [0.4, 0.5) is 5.69 Å². The number of likely N-dealkylation sites (tertiary alicyclic amines) is 1. The number of aliphatic carboxylic acids is 1. The number of unbranched alkanes of at least 4 members (excludes halogenated alkanes) is 3. The van der Waals surface area contributed by atoms with Gasteiger partial charge >= 0.3 is 5.97 Å². The molecule has 1 aromatic carbocycles. The van der Waals surface area contributed by atoms with Crippen LogP contribution in [-0.4, -0.2) is 68.6 Å². The van der Waals surface area contributed by atoms with Crippen LogP contribution in [0.1, 0.15) is 38.5 Å². The van der Waals surface area contributed by atoms with Crippen molar-refractivity contribution in [3.63, 3.8) is 0 Å². The Morgan fingerprint density at radius 3 is 2.68 bits per heavy atom. The molecule has 1 aromatic rings. The van der Waals surface area contributed by atoms with Crippen LogP contribution in [0.3, 0.4) is 0 Å². The summed E-state index contributed by atoms with van der Waals surface area (Å²) in [6, 6.07) is 6.34. The SMILES string of the molecule is C=CCN(C(=O)C1N(CCCCCCO)C(=O)[C@@H]2[C@@H](C(=O)O)[C@H]3CCC12S3)c1ccccc1Cl. The van der Waals surface area contributed by atoms with Crippen molar-refractivity contribution >= 4 is 46.8 Å². The van der Waals surface area contributed by atoms with Crippen molar-refractivity contribution in [2.45, 2.75) is 54.6 Å². The Balaban J connectivity index is 1.70. The zero-order chi connectivity index (χ0) is 24.5. The number of carboxylic acid groups (broad SMARTS) is 1. The van der Waals surface area contributed by atoms with Crippen molar-refractivity contribution in [2.75, 3.05) is 24.6 Å². The van der Waals surface area contributed by atoms with Crippen LogP contribution in [0.5, 0.6) is 0 Å². The summed E-state index contributed by atoms with van der Waals surface area (Å²) in [7, 11) is 0. The van der Waals surface area contributed by atoms with Crippen molar-refractivity contribution in [1.29, 1.82) is 0 Å². The number of carbonyl (C=O) groups is 3. The van der Waals surface area contributed by atoms with Crippen LogP contribution in [0, 0.1) is 11.8 Å². The number of amides is 2. The van der Waals surface area contributed by atoms with E-state index in [0.29, 0.717) is 42.9 Å². The third-order valence-electron chi connectivity index (χ3n) is 7.35. The van der Waals surface area contributed by atoms with Crippen molar-refractivity contribution in [3.05, 3.63) is 41.9 Å². The van der Waals surface area contributed by atoms with Crippen molar-refractivity contribution in [3.8, 4) is 0 Å². The van der Waals surface area contributed by atoms with Gasteiger partial charge in [-0.3, -0.25) is 14.4 Å². The van der Waals surface area contributed by atoms with Gasteiger partial charge in [0.2, 0.25) is 5.91 Å². The fourth-order valence-electron chi connectivity index (χ4n) is 5.96. The van der Waals surface area contributed by atoms with Crippen molar-refractivity contribution in [1.82, 2.24) is 4.90 Å². The zero-order valence-corrected chi connectivity index (χ0v) is 20.6. The van der Waals surface area contributed by atoms with Crippen LogP contribution in [0.15, 0.2) is 36.9 Å². The van der Waals surface area contributed by atoms with Gasteiger partial charge in [-0.15, -0.1) is 18.3 Å². The summed E-state index contributed by atoms with van der Waals surface area (Å²) in [6.45, 7) is 4.55. The normalized spacial score (nSPS) is 29.4. The molecule has 2 unspecified atom stereocenters.